The van der Waals surface area contributed by atoms with Crippen molar-refractivity contribution in [1.82, 2.24) is 5.43 Å². The first-order valence-electron chi connectivity index (χ1n) is 3.99. The number of nitrogens with two attached hydrogens (primary N) is 1. The topological polar surface area (TPSA) is 47.3 Å². The van der Waals surface area contributed by atoms with Gasteiger partial charge in [0.1, 0.15) is 0 Å². The second kappa shape index (κ2) is 5.15. The van der Waals surface area contributed by atoms with Gasteiger partial charge in [0.05, 0.1) is 11.6 Å². The molecule has 0 bridgehead atoms. The number of ether oxygens (including phenoxy) is 1. The van der Waals surface area contributed by atoms with Gasteiger partial charge in [0, 0.05) is 13.5 Å². The summed E-state index contributed by atoms with van der Waals surface area (Å²) in [4.78, 5) is 0. The molecule has 0 radical (unpaired) electrons. The first kappa shape index (κ1) is 11.4. The van der Waals surface area contributed by atoms with Gasteiger partial charge in [-0.3, -0.25) is 11.3 Å². The van der Waals surface area contributed by atoms with Gasteiger partial charge in [0.25, 0.3) is 0 Å². The fraction of sp³-hybridized carbons (Fsp3) is 0.778. The van der Waals surface area contributed by atoms with E-state index < -0.39 is 0 Å². The molecule has 0 saturated carbocycles. The molecule has 0 aromatic rings. The highest BCUT2D eigenvalue weighted by molar-refractivity contribution is 5.01. The zero-order valence-electron chi connectivity index (χ0n) is 8.27. The number of nitrogens with one attached hydrogen (secondary N) is 1. The van der Waals surface area contributed by atoms with Crippen LogP contribution in [0.4, 0.5) is 0 Å². The minimum Gasteiger partial charge on any atom is -0.377 e. The third kappa shape index (κ3) is 3.22. The zero-order valence-corrected chi connectivity index (χ0v) is 8.27. The second-order valence-electron chi connectivity index (χ2n) is 3.16. The van der Waals surface area contributed by atoms with Gasteiger partial charge in [-0.15, -0.1) is 11.8 Å². The highest BCUT2D eigenvalue weighted by Gasteiger charge is 2.27. The van der Waals surface area contributed by atoms with Gasteiger partial charge in [-0.2, -0.15) is 0 Å². The molecule has 0 aliphatic heterocycles. The molecular formula is C9H18N2O. The SMILES string of the molecule is CC#CCC(NN)C(C)(C)OC. The normalized spacial score (nSPS) is 13.4. The maximum Gasteiger partial charge on any atom is 0.0797 e. The summed E-state index contributed by atoms with van der Waals surface area (Å²) < 4.78 is 5.28. The van der Waals surface area contributed by atoms with Crippen LogP contribution >= 0.6 is 0 Å². The van der Waals surface area contributed by atoms with Crippen molar-refractivity contribution in [3.8, 4) is 11.8 Å². The van der Waals surface area contributed by atoms with E-state index in [1.54, 1.807) is 7.11 Å². The third-order valence-corrected chi connectivity index (χ3v) is 2.05. The Bertz CT molecular complexity index is 179. The minimum atomic E-state index is -0.279. The van der Waals surface area contributed by atoms with E-state index >= 15 is 0 Å². The molecule has 0 rings (SSSR count). The number of hydrogen-bond acceptors (Lipinski definition) is 3. The molecule has 0 aliphatic carbocycles. The van der Waals surface area contributed by atoms with Crippen molar-refractivity contribution < 1.29 is 4.74 Å². The standard InChI is InChI=1S/C9H18N2O/c1-5-6-7-8(11-10)9(2,3)12-4/h8,11H,7,10H2,1-4H3. The quantitative estimate of drug-likeness (QED) is 0.370. The molecule has 0 spiro atoms. The maximum absolute atomic E-state index is 5.38. The van der Waals surface area contributed by atoms with Crippen LogP contribution in [0.3, 0.4) is 0 Å². The van der Waals surface area contributed by atoms with E-state index in [1.807, 2.05) is 20.8 Å². The number of hydrazine groups is 1. The van der Waals surface area contributed by atoms with Crippen LogP contribution in [0.1, 0.15) is 27.2 Å². The summed E-state index contributed by atoms with van der Waals surface area (Å²) in [6.45, 7) is 5.77. The van der Waals surface area contributed by atoms with E-state index in [-0.39, 0.29) is 11.6 Å². The fourth-order valence-electron chi connectivity index (χ4n) is 0.852. The second-order valence-corrected chi connectivity index (χ2v) is 3.16. The lowest BCUT2D eigenvalue weighted by Gasteiger charge is -2.31. The summed E-state index contributed by atoms with van der Waals surface area (Å²) in [5.74, 6) is 11.2. The Morgan fingerprint density at radius 3 is 2.50 bits per heavy atom. The lowest BCUT2D eigenvalue weighted by Crippen LogP contribution is -2.50. The van der Waals surface area contributed by atoms with Crippen LogP contribution in [0.25, 0.3) is 0 Å². The number of rotatable bonds is 4. The lowest BCUT2D eigenvalue weighted by molar-refractivity contribution is -0.00874. The van der Waals surface area contributed by atoms with E-state index in [0.29, 0.717) is 6.42 Å². The van der Waals surface area contributed by atoms with Crippen LogP contribution in [0.5, 0.6) is 0 Å². The van der Waals surface area contributed by atoms with Crippen molar-refractivity contribution in [3.05, 3.63) is 0 Å². The molecule has 3 heteroatoms. The van der Waals surface area contributed by atoms with Gasteiger partial charge in [-0.05, 0) is 20.8 Å². The van der Waals surface area contributed by atoms with Gasteiger partial charge in [0.15, 0.2) is 0 Å². The molecule has 1 unspecified atom stereocenters. The summed E-state index contributed by atoms with van der Waals surface area (Å²) >= 11 is 0. The summed E-state index contributed by atoms with van der Waals surface area (Å²) in [5.41, 5.74) is 2.42. The predicted octanol–water partition coefficient (Wildman–Crippen LogP) is 0.657. The molecule has 1 atom stereocenters. The molecular weight excluding hydrogens is 152 g/mol. The Kier molecular flexibility index (Phi) is 4.91. The molecule has 0 fully saturated rings. The molecule has 0 amide bonds. The Hall–Kier alpha value is -0.560. The molecule has 3 N–H and O–H groups in total. The molecule has 3 nitrogen and oxygen atoms in total. The summed E-state index contributed by atoms with van der Waals surface area (Å²) in [6, 6.07) is 0.0648. The van der Waals surface area contributed by atoms with E-state index in [4.69, 9.17) is 10.6 Å². The average molecular weight is 170 g/mol. The van der Waals surface area contributed by atoms with Gasteiger partial charge in [-0.25, -0.2) is 0 Å². The molecule has 0 saturated heterocycles. The van der Waals surface area contributed by atoms with E-state index in [0.717, 1.165) is 0 Å². The lowest BCUT2D eigenvalue weighted by atomic mass is 9.96. The maximum atomic E-state index is 5.38. The fourth-order valence-corrected chi connectivity index (χ4v) is 0.852. The largest absolute Gasteiger partial charge is 0.377 e. The van der Waals surface area contributed by atoms with E-state index in [1.165, 1.54) is 0 Å². The molecule has 0 aromatic carbocycles. The van der Waals surface area contributed by atoms with Crippen LogP contribution < -0.4 is 11.3 Å². The van der Waals surface area contributed by atoms with Gasteiger partial charge in [-0.1, -0.05) is 0 Å². The zero-order chi connectivity index (χ0) is 9.61. The van der Waals surface area contributed by atoms with Crippen LogP contribution in [0, 0.1) is 11.8 Å². The summed E-state index contributed by atoms with van der Waals surface area (Å²) in [6.07, 6.45) is 0.702. The van der Waals surface area contributed by atoms with Crippen molar-refractivity contribution in [1.29, 1.82) is 0 Å². The van der Waals surface area contributed by atoms with E-state index in [2.05, 4.69) is 17.3 Å². The van der Waals surface area contributed by atoms with Crippen molar-refractivity contribution in [2.24, 2.45) is 5.84 Å². The average Bonchev–Trinajstić information content (AvgIpc) is 2.05. The summed E-state index contributed by atoms with van der Waals surface area (Å²) in [7, 11) is 1.67. The van der Waals surface area contributed by atoms with Crippen LogP contribution in [-0.2, 0) is 4.74 Å². The first-order chi connectivity index (χ1) is 5.58. The van der Waals surface area contributed by atoms with Crippen molar-refractivity contribution in [3.63, 3.8) is 0 Å². The molecule has 12 heavy (non-hydrogen) atoms. The van der Waals surface area contributed by atoms with Crippen molar-refractivity contribution in [2.75, 3.05) is 7.11 Å². The molecule has 0 aromatic heterocycles. The smallest absolute Gasteiger partial charge is 0.0797 e. The van der Waals surface area contributed by atoms with Gasteiger partial charge >= 0.3 is 0 Å². The van der Waals surface area contributed by atoms with Gasteiger partial charge in [0.2, 0.25) is 0 Å². The third-order valence-electron chi connectivity index (χ3n) is 2.05. The Morgan fingerprint density at radius 1 is 1.58 bits per heavy atom. The van der Waals surface area contributed by atoms with Crippen LogP contribution in [0.2, 0.25) is 0 Å². The number of hydrogen-bond donors (Lipinski definition) is 2. The molecule has 0 heterocycles. The summed E-state index contributed by atoms with van der Waals surface area (Å²) in [5, 5.41) is 0. The van der Waals surface area contributed by atoms with Crippen LogP contribution in [0.15, 0.2) is 0 Å². The Morgan fingerprint density at radius 2 is 2.17 bits per heavy atom. The van der Waals surface area contributed by atoms with Crippen molar-refractivity contribution >= 4 is 0 Å². The monoisotopic (exact) mass is 170 g/mol. The highest BCUT2D eigenvalue weighted by atomic mass is 16.5. The Balaban J connectivity index is 4.19. The van der Waals surface area contributed by atoms with Gasteiger partial charge < -0.3 is 4.74 Å². The highest BCUT2D eigenvalue weighted by Crippen LogP contribution is 2.15. The van der Waals surface area contributed by atoms with Crippen LogP contribution in [-0.4, -0.2) is 18.8 Å². The molecule has 70 valence electrons. The first-order valence-corrected chi connectivity index (χ1v) is 3.99. The minimum absolute atomic E-state index is 0.0648. The molecule has 0 aliphatic rings. The predicted molar refractivity (Wildman–Crippen MR) is 50.3 cm³/mol. The van der Waals surface area contributed by atoms with Crippen molar-refractivity contribution in [2.45, 2.75) is 38.8 Å². The number of methoxy groups -OCH3 is 1. The Labute approximate surface area is 74.6 Å². The van der Waals surface area contributed by atoms with E-state index in [9.17, 15) is 0 Å².